The van der Waals surface area contributed by atoms with E-state index in [1.807, 2.05) is 0 Å². The minimum absolute atomic E-state index is 0.0789. The van der Waals surface area contributed by atoms with Crippen molar-refractivity contribution in [2.45, 2.75) is 0 Å². The summed E-state index contributed by atoms with van der Waals surface area (Å²) in [6.07, 6.45) is 0. The Morgan fingerprint density at radius 2 is 1.25 bits per heavy atom. The van der Waals surface area contributed by atoms with Crippen molar-refractivity contribution in [3.63, 3.8) is 0 Å². The van der Waals surface area contributed by atoms with E-state index < -0.39 is 7.32 Å². The molecule has 0 bridgehead atoms. The molecule has 0 aliphatic rings. The lowest BCUT2D eigenvalue weighted by Gasteiger charge is -2.09. The average Bonchev–Trinajstić information content (AvgIpc) is 2.28. The lowest BCUT2D eigenvalue weighted by Crippen LogP contribution is -2.32. The van der Waals surface area contributed by atoms with Crippen molar-refractivity contribution in [2.24, 2.45) is 0 Å². The maximum atomic E-state index is 9.16. The quantitative estimate of drug-likeness (QED) is 0.184. The van der Waals surface area contributed by atoms with Gasteiger partial charge in [-0.3, -0.25) is 0 Å². The van der Waals surface area contributed by atoms with Crippen LogP contribution in [0.25, 0.3) is 0 Å². The minimum Gasteiger partial charge on any atom is -0.402 e. The molecule has 0 heterocycles. The third-order valence-corrected chi connectivity index (χ3v) is 1.66. The van der Waals surface area contributed by atoms with Gasteiger partial charge in [0.1, 0.15) is 0 Å². The monoisotopic (exact) mass is 236 g/mol. The van der Waals surface area contributed by atoms with Gasteiger partial charge in [-0.05, 0) is 0 Å². The van der Waals surface area contributed by atoms with Gasteiger partial charge in [0.25, 0.3) is 0 Å². The van der Waals surface area contributed by atoms with Crippen LogP contribution in [-0.4, -0.2) is 75.2 Å². The third-order valence-electron chi connectivity index (χ3n) is 1.66. The van der Waals surface area contributed by atoms with Crippen LogP contribution in [0.4, 0.5) is 0 Å². The molecule has 0 aliphatic carbocycles. The first-order valence-electron chi connectivity index (χ1n) is 5.35. The van der Waals surface area contributed by atoms with Crippen molar-refractivity contribution < 1.29 is 24.5 Å². The van der Waals surface area contributed by atoms with Gasteiger partial charge in [-0.2, -0.15) is 0 Å². The smallest absolute Gasteiger partial charge is 0.402 e. The standard InChI is InChI=1S/C8H21BN2O5/c12-5-1-10-3-7-15-9(14)16-8-4-11-2-6-13/h10-14H,1-8H2. The molecule has 0 aromatic heterocycles. The highest BCUT2D eigenvalue weighted by molar-refractivity contribution is 6.34. The van der Waals surface area contributed by atoms with Gasteiger partial charge >= 0.3 is 7.32 Å². The summed E-state index contributed by atoms with van der Waals surface area (Å²) in [4.78, 5) is 0. The molecule has 96 valence electrons. The zero-order valence-electron chi connectivity index (χ0n) is 9.39. The van der Waals surface area contributed by atoms with Crippen LogP contribution in [0.5, 0.6) is 0 Å². The van der Waals surface area contributed by atoms with E-state index >= 15 is 0 Å². The van der Waals surface area contributed by atoms with Gasteiger partial charge in [0.05, 0.1) is 13.2 Å². The number of hydrogen-bond donors (Lipinski definition) is 5. The zero-order chi connectivity index (χ0) is 12.1. The average molecular weight is 236 g/mol. The molecule has 0 saturated carbocycles. The normalized spacial score (nSPS) is 10.7. The molecule has 0 rings (SSSR count). The van der Waals surface area contributed by atoms with Crippen molar-refractivity contribution in [1.29, 1.82) is 0 Å². The molecule has 0 unspecified atom stereocenters. The Kier molecular flexibility index (Phi) is 12.7. The molecule has 0 fully saturated rings. The molecule has 0 aliphatic heterocycles. The molecule has 0 aromatic rings. The Morgan fingerprint density at radius 3 is 1.62 bits per heavy atom. The van der Waals surface area contributed by atoms with Crippen LogP contribution in [0.1, 0.15) is 0 Å². The molecule has 0 radical (unpaired) electrons. The number of aliphatic hydroxyl groups excluding tert-OH is 2. The maximum absolute atomic E-state index is 9.16. The molecule has 0 saturated heterocycles. The Labute approximate surface area is 95.9 Å². The molecular formula is C8H21BN2O5. The molecular weight excluding hydrogens is 215 g/mol. The van der Waals surface area contributed by atoms with Gasteiger partial charge in [-0.15, -0.1) is 0 Å². The predicted molar refractivity (Wildman–Crippen MR) is 59.8 cm³/mol. The minimum atomic E-state index is -1.23. The fourth-order valence-corrected chi connectivity index (χ4v) is 0.920. The van der Waals surface area contributed by atoms with Crippen LogP contribution < -0.4 is 10.6 Å². The topological polar surface area (TPSA) is 103 Å². The van der Waals surface area contributed by atoms with Crippen LogP contribution in [0.15, 0.2) is 0 Å². The van der Waals surface area contributed by atoms with Crippen LogP contribution in [0, 0.1) is 0 Å². The van der Waals surface area contributed by atoms with Gasteiger partial charge in [0.15, 0.2) is 0 Å². The Morgan fingerprint density at radius 1 is 0.812 bits per heavy atom. The SMILES string of the molecule is OCCNCCOB(O)OCCNCCO. The molecule has 8 heteroatoms. The van der Waals surface area contributed by atoms with Gasteiger partial charge in [0.2, 0.25) is 0 Å². The van der Waals surface area contributed by atoms with E-state index in [-0.39, 0.29) is 13.2 Å². The highest BCUT2D eigenvalue weighted by atomic mass is 16.7. The van der Waals surface area contributed by atoms with Crippen molar-refractivity contribution in [1.82, 2.24) is 10.6 Å². The van der Waals surface area contributed by atoms with E-state index in [1.54, 1.807) is 0 Å². The second-order valence-electron chi connectivity index (χ2n) is 3.00. The Balaban J connectivity index is 3.09. The molecule has 0 aromatic carbocycles. The van der Waals surface area contributed by atoms with Crippen LogP contribution in [0.3, 0.4) is 0 Å². The predicted octanol–water partition coefficient (Wildman–Crippen LogP) is -2.84. The molecule has 0 spiro atoms. The van der Waals surface area contributed by atoms with Crippen molar-refractivity contribution in [3.05, 3.63) is 0 Å². The highest BCUT2D eigenvalue weighted by Crippen LogP contribution is 1.83. The largest absolute Gasteiger partial charge is 0.636 e. The Bertz CT molecular complexity index is 130. The fourth-order valence-electron chi connectivity index (χ4n) is 0.920. The number of hydrogen-bond acceptors (Lipinski definition) is 7. The number of rotatable bonds is 12. The second kappa shape index (κ2) is 12.9. The summed E-state index contributed by atoms with van der Waals surface area (Å²) in [5, 5.41) is 31.9. The maximum Gasteiger partial charge on any atom is 0.636 e. The summed E-state index contributed by atoms with van der Waals surface area (Å²) < 4.78 is 9.81. The molecule has 5 N–H and O–H groups in total. The van der Waals surface area contributed by atoms with Crippen molar-refractivity contribution >= 4 is 7.32 Å². The van der Waals surface area contributed by atoms with E-state index in [0.29, 0.717) is 39.4 Å². The van der Waals surface area contributed by atoms with Gasteiger partial charge in [-0.1, -0.05) is 0 Å². The first kappa shape index (κ1) is 15.8. The summed E-state index contributed by atoms with van der Waals surface area (Å²) in [7, 11) is -1.23. The van der Waals surface area contributed by atoms with E-state index in [9.17, 15) is 0 Å². The lowest BCUT2D eigenvalue weighted by molar-refractivity contribution is 0.133. The van der Waals surface area contributed by atoms with Gasteiger partial charge in [0, 0.05) is 39.4 Å². The summed E-state index contributed by atoms with van der Waals surface area (Å²) in [6.45, 7) is 2.88. The summed E-state index contributed by atoms with van der Waals surface area (Å²) in [5.41, 5.74) is 0. The molecule has 16 heavy (non-hydrogen) atoms. The first-order valence-corrected chi connectivity index (χ1v) is 5.35. The third kappa shape index (κ3) is 11.9. The van der Waals surface area contributed by atoms with E-state index in [4.69, 9.17) is 24.5 Å². The molecule has 0 amide bonds. The Hall–Kier alpha value is -0.215. The second-order valence-corrected chi connectivity index (χ2v) is 3.00. The van der Waals surface area contributed by atoms with Crippen LogP contribution >= 0.6 is 0 Å². The lowest BCUT2D eigenvalue weighted by atomic mass is 10.2. The summed E-state index contributed by atoms with van der Waals surface area (Å²) >= 11 is 0. The van der Waals surface area contributed by atoms with E-state index in [1.165, 1.54) is 0 Å². The first-order chi connectivity index (χ1) is 7.81. The van der Waals surface area contributed by atoms with Crippen molar-refractivity contribution in [2.75, 3.05) is 52.6 Å². The van der Waals surface area contributed by atoms with E-state index in [2.05, 4.69) is 10.6 Å². The van der Waals surface area contributed by atoms with Crippen molar-refractivity contribution in [3.8, 4) is 0 Å². The zero-order valence-corrected chi connectivity index (χ0v) is 9.39. The van der Waals surface area contributed by atoms with Crippen LogP contribution in [0.2, 0.25) is 0 Å². The van der Waals surface area contributed by atoms with Gasteiger partial charge in [-0.25, -0.2) is 0 Å². The summed E-state index contributed by atoms with van der Waals surface area (Å²) in [5.74, 6) is 0. The van der Waals surface area contributed by atoms with Crippen LogP contribution in [-0.2, 0) is 9.31 Å². The number of aliphatic hydroxyl groups is 2. The van der Waals surface area contributed by atoms with E-state index in [0.717, 1.165) is 0 Å². The highest BCUT2D eigenvalue weighted by Gasteiger charge is 2.14. The van der Waals surface area contributed by atoms with Gasteiger partial charge < -0.3 is 35.2 Å². The fraction of sp³-hybridized carbons (Fsp3) is 1.00. The number of nitrogens with one attached hydrogen (secondary N) is 2. The molecule has 0 atom stereocenters. The molecule has 7 nitrogen and oxygen atoms in total. The summed E-state index contributed by atoms with van der Waals surface area (Å²) in [6, 6.07) is 0.